The summed E-state index contributed by atoms with van der Waals surface area (Å²) in [5, 5.41) is 1.40. The minimum absolute atomic E-state index is 0.0359. The second-order valence-corrected chi connectivity index (χ2v) is 6.73. The van der Waals surface area contributed by atoms with Gasteiger partial charge in [0.2, 0.25) is 0 Å². The summed E-state index contributed by atoms with van der Waals surface area (Å²) < 4.78 is 7.27. The average Bonchev–Trinajstić information content (AvgIpc) is 3.04. The van der Waals surface area contributed by atoms with Gasteiger partial charge in [0.05, 0.1) is 12.8 Å². The number of nitrogens with two attached hydrogens (primary N) is 1. The highest BCUT2D eigenvalue weighted by Crippen LogP contribution is 2.19. The van der Waals surface area contributed by atoms with Gasteiger partial charge in [-0.15, -0.1) is 0 Å². The molecule has 0 bridgehead atoms. The number of aryl methyl sites for hydroxylation is 2. The Bertz CT molecular complexity index is 975. The number of ether oxygens (including phenoxy) is 1. The number of amides is 1. The highest BCUT2D eigenvalue weighted by molar-refractivity contribution is 7.80. The predicted octanol–water partition coefficient (Wildman–Crippen LogP) is 3.50. The first-order chi connectivity index (χ1) is 13.4. The van der Waals surface area contributed by atoms with Crippen molar-refractivity contribution in [1.29, 1.82) is 0 Å². The molecule has 0 aliphatic heterocycles. The van der Waals surface area contributed by atoms with Gasteiger partial charge in [-0.2, -0.15) is 0 Å². The highest BCUT2D eigenvalue weighted by atomic mass is 32.1. The Morgan fingerprint density at radius 2 is 1.57 bits per heavy atom. The van der Waals surface area contributed by atoms with Crippen LogP contribution in [0.25, 0.3) is 5.69 Å². The summed E-state index contributed by atoms with van der Waals surface area (Å²) in [6.45, 7) is 4.09. The van der Waals surface area contributed by atoms with Crippen LogP contribution in [0.4, 0.5) is 5.69 Å². The van der Waals surface area contributed by atoms with Crippen molar-refractivity contribution in [2.45, 2.75) is 13.8 Å². The van der Waals surface area contributed by atoms with Gasteiger partial charge < -0.3 is 15.0 Å². The summed E-state index contributed by atoms with van der Waals surface area (Å²) >= 11 is 5.09. The third-order valence-electron chi connectivity index (χ3n) is 4.42. The van der Waals surface area contributed by atoms with E-state index in [1.165, 1.54) is 5.01 Å². The summed E-state index contributed by atoms with van der Waals surface area (Å²) in [4.78, 5) is 12.7. The van der Waals surface area contributed by atoms with Crippen LogP contribution in [0, 0.1) is 13.8 Å². The van der Waals surface area contributed by atoms with Crippen LogP contribution in [0.5, 0.6) is 5.75 Å². The molecule has 0 saturated heterocycles. The summed E-state index contributed by atoms with van der Waals surface area (Å²) in [6.07, 6.45) is 0. The summed E-state index contributed by atoms with van der Waals surface area (Å²) in [6, 6.07) is 18.5. The number of nitrogens with zero attached hydrogens (tertiary/aromatic N) is 2. The molecule has 0 fully saturated rings. The van der Waals surface area contributed by atoms with Crippen LogP contribution in [-0.4, -0.2) is 22.7 Å². The van der Waals surface area contributed by atoms with E-state index in [4.69, 9.17) is 22.7 Å². The Morgan fingerprint density at radius 3 is 2.07 bits per heavy atom. The van der Waals surface area contributed by atoms with Crippen molar-refractivity contribution >= 4 is 28.9 Å². The molecule has 6 nitrogen and oxygen atoms in total. The molecule has 0 radical (unpaired) electrons. The van der Waals surface area contributed by atoms with Gasteiger partial charge in [-0.05, 0) is 86.7 Å². The molecule has 0 saturated carbocycles. The fourth-order valence-electron chi connectivity index (χ4n) is 2.98. The molecule has 0 spiro atoms. The normalized spacial score (nSPS) is 10.4. The van der Waals surface area contributed by atoms with Gasteiger partial charge in [-0.1, -0.05) is 0 Å². The second kappa shape index (κ2) is 8.14. The van der Waals surface area contributed by atoms with Gasteiger partial charge in [0.25, 0.3) is 5.91 Å². The third-order valence-corrected chi connectivity index (χ3v) is 4.61. The van der Waals surface area contributed by atoms with Crippen LogP contribution in [0.3, 0.4) is 0 Å². The quantitative estimate of drug-likeness (QED) is 0.523. The zero-order chi connectivity index (χ0) is 20.3. The Balaban J connectivity index is 1.79. The fraction of sp³-hybridized carbons (Fsp3) is 0.143. The number of benzene rings is 2. The summed E-state index contributed by atoms with van der Waals surface area (Å²) in [5.74, 6) is 0.389. The van der Waals surface area contributed by atoms with Crippen LogP contribution in [0.1, 0.15) is 21.7 Å². The van der Waals surface area contributed by atoms with Crippen LogP contribution < -0.4 is 20.9 Å². The topological polar surface area (TPSA) is 72.5 Å². The molecule has 3 aromatic rings. The second-order valence-electron chi connectivity index (χ2n) is 6.31. The number of hydrazine groups is 1. The minimum Gasteiger partial charge on any atom is -0.497 e. The van der Waals surface area contributed by atoms with E-state index in [2.05, 4.69) is 22.1 Å². The molecule has 1 amide bonds. The molecule has 28 heavy (non-hydrogen) atoms. The van der Waals surface area contributed by atoms with E-state index >= 15 is 0 Å². The number of aromatic nitrogens is 1. The lowest BCUT2D eigenvalue weighted by Gasteiger charge is -2.23. The van der Waals surface area contributed by atoms with Gasteiger partial charge in [-0.3, -0.25) is 10.2 Å². The SMILES string of the molecule is COc1ccc(N(NC(=O)c2ccc(-n3c(C)ccc3C)cc2)C(N)=S)cc1. The number of thiocarbonyl (C=S) groups is 1. The zero-order valence-electron chi connectivity index (χ0n) is 16.0. The van der Waals surface area contributed by atoms with Gasteiger partial charge in [0.15, 0.2) is 5.11 Å². The van der Waals surface area contributed by atoms with Gasteiger partial charge in [0, 0.05) is 22.6 Å². The number of rotatable bonds is 4. The molecule has 0 aliphatic rings. The molecule has 0 unspecified atom stereocenters. The first kappa shape index (κ1) is 19.4. The molecule has 1 aromatic heterocycles. The molecule has 0 aliphatic carbocycles. The van der Waals surface area contributed by atoms with Crippen LogP contribution >= 0.6 is 12.2 Å². The number of hydrogen-bond donors (Lipinski definition) is 2. The third kappa shape index (κ3) is 3.99. The lowest BCUT2D eigenvalue weighted by atomic mass is 10.2. The zero-order valence-corrected chi connectivity index (χ0v) is 16.8. The Hall–Kier alpha value is -3.32. The van der Waals surface area contributed by atoms with Crippen molar-refractivity contribution in [2.75, 3.05) is 12.1 Å². The minimum atomic E-state index is -0.309. The lowest BCUT2D eigenvalue weighted by Crippen LogP contribution is -2.49. The molecule has 3 N–H and O–H groups in total. The van der Waals surface area contributed by atoms with Crippen molar-refractivity contribution in [1.82, 2.24) is 9.99 Å². The van der Waals surface area contributed by atoms with Crippen molar-refractivity contribution in [3.05, 3.63) is 77.6 Å². The number of hydrogen-bond acceptors (Lipinski definition) is 3. The molecular weight excluding hydrogens is 372 g/mol. The fourth-order valence-corrected chi connectivity index (χ4v) is 3.13. The summed E-state index contributed by atoms with van der Waals surface area (Å²) in [7, 11) is 1.59. The first-order valence-electron chi connectivity index (χ1n) is 8.70. The Kier molecular flexibility index (Phi) is 5.65. The predicted molar refractivity (Wildman–Crippen MR) is 115 cm³/mol. The lowest BCUT2D eigenvalue weighted by molar-refractivity contribution is 0.0955. The maximum Gasteiger partial charge on any atom is 0.270 e. The van der Waals surface area contributed by atoms with Crippen LogP contribution in [0.2, 0.25) is 0 Å². The maximum atomic E-state index is 12.7. The summed E-state index contributed by atoms with van der Waals surface area (Å²) in [5.41, 5.74) is 12.9. The van der Waals surface area contributed by atoms with E-state index in [9.17, 15) is 4.79 Å². The average molecular weight is 395 g/mol. The van der Waals surface area contributed by atoms with Gasteiger partial charge >= 0.3 is 0 Å². The Labute approximate surface area is 169 Å². The molecule has 2 aromatic carbocycles. The first-order valence-corrected chi connectivity index (χ1v) is 9.11. The molecular formula is C21H22N4O2S. The monoisotopic (exact) mass is 394 g/mol. The molecule has 144 valence electrons. The van der Waals surface area contributed by atoms with Crippen LogP contribution in [0.15, 0.2) is 60.7 Å². The van der Waals surface area contributed by atoms with E-state index in [0.717, 1.165) is 17.1 Å². The van der Waals surface area contributed by atoms with Crippen molar-refractivity contribution in [3.8, 4) is 11.4 Å². The molecule has 1 heterocycles. The smallest absolute Gasteiger partial charge is 0.270 e. The van der Waals surface area contributed by atoms with Crippen molar-refractivity contribution in [2.24, 2.45) is 5.73 Å². The Morgan fingerprint density at radius 1 is 1.00 bits per heavy atom. The van der Waals surface area contributed by atoms with E-state index in [1.54, 1.807) is 43.5 Å². The van der Waals surface area contributed by atoms with E-state index in [1.807, 2.05) is 26.0 Å². The van der Waals surface area contributed by atoms with E-state index in [-0.39, 0.29) is 11.0 Å². The number of anilines is 1. The van der Waals surface area contributed by atoms with Crippen molar-refractivity contribution in [3.63, 3.8) is 0 Å². The van der Waals surface area contributed by atoms with E-state index in [0.29, 0.717) is 17.0 Å². The highest BCUT2D eigenvalue weighted by Gasteiger charge is 2.15. The maximum absolute atomic E-state index is 12.7. The standard InChI is InChI=1S/C21H22N4O2S/c1-14-4-5-15(2)24(14)17-8-6-16(7-9-17)20(26)23-25(21(22)28)18-10-12-19(27-3)13-11-18/h4-13H,1-3H3,(H2,22,28)(H,23,26). The van der Waals surface area contributed by atoms with Crippen molar-refractivity contribution < 1.29 is 9.53 Å². The number of carbonyl (C=O) groups excluding carboxylic acids is 1. The van der Waals surface area contributed by atoms with Gasteiger partial charge in [-0.25, -0.2) is 5.01 Å². The molecule has 7 heteroatoms. The largest absolute Gasteiger partial charge is 0.497 e. The molecule has 3 rings (SSSR count). The van der Waals surface area contributed by atoms with Crippen LogP contribution in [-0.2, 0) is 0 Å². The number of nitrogens with one attached hydrogen (secondary N) is 1. The molecule has 0 atom stereocenters. The van der Waals surface area contributed by atoms with E-state index < -0.39 is 0 Å². The number of methoxy groups -OCH3 is 1. The van der Waals surface area contributed by atoms with Gasteiger partial charge in [0.1, 0.15) is 5.75 Å². The number of carbonyl (C=O) groups is 1.